The average Bonchev–Trinajstić information content (AvgIpc) is 3.09. The summed E-state index contributed by atoms with van der Waals surface area (Å²) in [5, 5.41) is 0. The molecule has 0 unspecified atom stereocenters. The van der Waals surface area contributed by atoms with Crippen molar-refractivity contribution in [1.29, 1.82) is 0 Å². The molecule has 152 valence electrons. The van der Waals surface area contributed by atoms with E-state index in [4.69, 9.17) is 9.47 Å². The van der Waals surface area contributed by atoms with Gasteiger partial charge in [-0.1, -0.05) is 12.1 Å². The number of H-pyrrole nitrogens is 1. The summed E-state index contributed by atoms with van der Waals surface area (Å²) in [7, 11) is 3.24. The summed E-state index contributed by atoms with van der Waals surface area (Å²) in [4.78, 5) is 34.4. The largest absolute Gasteiger partial charge is 0.497 e. The zero-order valence-electron chi connectivity index (χ0n) is 16.5. The molecule has 4 rings (SSSR count). The monoisotopic (exact) mass is 396 g/mol. The van der Waals surface area contributed by atoms with Crippen molar-refractivity contribution in [1.82, 2.24) is 19.4 Å². The van der Waals surface area contributed by atoms with E-state index >= 15 is 0 Å². The van der Waals surface area contributed by atoms with Crippen molar-refractivity contribution >= 4 is 17.1 Å². The van der Waals surface area contributed by atoms with E-state index in [-0.39, 0.29) is 30.2 Å². The highest BCUT2D eigenvalue weighted by Gasteiger charge is 2.32. The van der Waals surface area contributed by atoms with E-state index < -0.39 is 0 Å². The quantitative estimate of drug-likeness (QED) is 0.710. The summed E-state index contributed by atoms with van der Waals surface area (Å²) >= 11 is 0. The van der Waals surface area contributed by atoms with Gasteiger partial charge in [0.25, 0.3) is 0 Å². The Hall–Kier alpha value is -3.13. The maximum Gasteiger partial charge on any atom is 0.327 e. The highest BCUT2D eigenvalue weighted by Crippen LogP contribution is 2.26. The summed E-state index contributed by atoms with van der Waals surface area (Å²) in [6.07, 6.45) is 2.42. The molecule has 1 aliphatic rings. The van der Waals surface area contributed by atoms with E-state index in [9.17, 15) is 9.59 Å². The van der Waals surface area contributed by atoms with Crippen LogP contribution in [-0.4, -0.2) is 58.8 Å². The molecule has 1 amide bonds. The number of aromatic nitrogens is 3. The van der Waals surface area contributed by atoms with Crippen LogP contribution in [0.5, 0.6) is 5.75 Å². The molecule has 0 radical (unpaired) electrons. The van der Waals surface area contributed by atoms with Gasteiger partial charge in [0.05, 0.1) is 31.2 Å². The number of nitrogens with zero attached hydrogens (tertiary/aromatic N) is 3. The van der Waals surface area contributed by atoms with Gasteiger partial charge >= 0.3 is 5.69 Å². The van der Waals surface area contributed by atoms with Crippen LogP contribution in [0.25, 0.3) is 11.2 Å². The minimum atomic E-state index is -0.222. The fourth-order valence-corrected chi connectivity index (χ4v) is 3.98. The Morgan fingerprint density at radius 3 is 2.90 bits per heavy atom. The molecule has 0 bridgehead atoms. The summed E-state index contributed by atoms with van der Waals surface area (Å²) in [5.74, 6) is 0.718. The number of hydrogen-bond acceptors (Lipinski definition) is 5. The maximum atomic E-state index is 13.0. The van der Waals surface area contributed by atoms with E-state index in [1.165, 1.54) is 0 Å². The zero-order chi connectivity index (χ0) is 20.4. The molecule has 29 heavy (non-hydrogen) atoms. The van der Waals surface area contributed by atoms with Gasteiger partial charge in [0.2, 0.25) is 5.91 Å². The third-order valence-electron chi connectivity index (χ3n) is 5.42. The number of amides is 1. The van der Waals surface area contributed by atoms with Gasteiger partial charge in [0, 0.05) is 26.4 Å². The average molecular weight is 396 g/mol. The SMILES string of the molecule is COc1cccc(CC(=O)N2C[C@H](OC)C[C@H](n3c(=O)[nH]c4ncccc43)C2)c1. The second kappa shape index (κ2) is 8.08. The Labute approximate surface area is 168 Å². The van der Waals surface area contributed by atoms with Crippen LogP contribution in [0.2, 0.25) is 0 Å². The van der Waals surface area contributed by atoms with Crippen molar-refractivity contribution in [3.05, 3.63) is 58.6 Å². The minimum absolute atomic E-state index is 0.00369. The minimum Gasteiger partial charge on any atom is -0.497 e. The molecule has 0 saturated carbocycles. The second-order valence-corrected chi connectivity index (χ2v) is 7.25. The van der Waals surface area contributed by atoms with Gasteiger partial charge in [-0.2, -0.15) is 0 Å². The normalized spacial score (nSPS) is 19.4. The van der Waals surface area contributed by atoms with Crippen LogP contribution in [0, 0.1) is 0 Å². The second-order valence-electron chi connectivity index (χ2n) is 7.25. The lowest BCUT2D eigenvalue weighted by Gasteiger charge is -2.37. The third-order valence-corrected chi connectivity index (χ3v) is 5.42. The first kappa shape index (κ1) is 19.2. The van der Waals surface area contributed by atoms with Crippen LogP contribution in [0.4, 0.5) is 0 Å². The van der Waals surface area contributed by atoms with Gasteiger partial charge in [0.15, 0.2) is 5.65 Å². The van der Waals surface area contributed by atoms with Crippen molar-refractivity contribution < 1.29 is 14.3 Å². The standard InChI is InChI=1S/C21H24N4O4/c1-28-16-6-3-5-14(9-16)10-19(26)24-12-15(11-17(13-24)29-2)25-18-7-4-8-22-20(18)23-21(25)27/h3-9,15,17H,10-13H2,1-2H3,(H,22,23,27)/t15-,17+/m0/s1. The van der Waals surface area contributed by atoms with E-state index in [0.717, 1.165) is 16.8 Å². The molecule has 3 aromatic rings. The lowest BCUT2D eigenvalue weighted by molar-refractivity contribution is -0.135. The molecule has 1 fully saturated rings. The predicted octanol–water partition coefficient (Wildman–Crippen LogP) is 1.76. The Bertz CT molecular complexity index is 1070. The first-order valence-corrected chi connectivity index (χ1v) is 9.57. The van der Waals surface area contributed by atoms with E-state index in [0.29, 0.717) is 25.2 Å². The number of imidazole rings is 1. The first-order chi connectivity index (χ1) is 14.1. The highest BCUT2D eigenvalue weighted by molar-refractivity contribution is 5.79. The summed E-state index contributed by atoms with van der Waals surface area (Å²) in [5.41, 5.74) is 1.95. The molecular weight excluding hydrogens is 372 g/mol. The number of likely N-dealkylation sites (tertiary alicyclic amines) is 1. The number of hydrogen-bond donors (Lipinski definition) is 1. The molecular formula is C21H24N4O4. The molecule has 2 aromatic heterocycles. The molecule has 0 spiro atoms. The van der Waals surface area contributed by atoms with Crippen LogP contribution in [0.15, 0.2) is 47.4 Å². The van der Waals surface area contributed by atoms with E-state index in [1.54, 1.807) is 35.9 Å². The fraction of sp³-hybridized carbons (Fsp3) is 0.381. The molecule has 1 saturated heterocycles. The molecule has 8 heteroatoms. The van der Waals surface area contributed by atoms with Gasteiger partial charge in [-0.05, 0) is 36.2 Å². The van der Waals surface area contributed by atoms with Gasteiger partial charge in [-0.25, -0.2) is 9.78 Å². The summed E-state index contributed by atoms with van der Waals surface area (Å²) in [6.45, 7) is 0.954. The number of piperidine rings is 1. The van der Waals surface area contributed by atoms with E-state index in [1.807, 2.05) is 30.3 Å². The molecule has 0 aliphatic carbocycles. The van der Waals surface area contributed by atoms with Crippen LogP contribution in [-0.2, 0) is 16.0 Å². The number of aromatic amines is 1. The Kier molecular flexibility index (Phi) is 5.35. The lowest BCUT2D eigenvalue weighted by atomic mass is 10.0. The number of carbonyl (C=O) groups is 1. The molecule has 3 heterocycles. The Morgan fingerprint density at radius 1 is 1.24 bits per heavy atom. The Balaban J connectivity index is 1.59. The van der Waals surface area contributed by atoms with Crippen molar-refractivity contribution in [2.24, 2.45) is 0 Å². The number of pyridine rings is 1. The van der Waals surface area contributed by atoms with Gasteiger partial charge in [-0.15, -0.1) is 0 Å². The maximum absolute atomic E-state index is 13.0. The zero-order valence-corrected chi connectivity index (χ0v) is 16.5. The fourth-order valence-electron chi connectivity index (χ4n) is 3.98. The topological polar surface area (TPSA) is 89.5 Å². The molecule has 1 aromatic carbocycles. The molecule has 1 aliphatic heterocycles. The summed E-state index contributed by atoms with van der Waals surface area (Å²) in [6, 6.07) is 11.0. The van der Waals surface area contributed by atoms with Crippen LogP contribution in [0.1, 0.15) is 18.0 Å². The van der Waals surface area contributed by atoms with Crippen molar-refractivity contribution in [3.8, 4) is 5.75 Å². The number of nitrogens with one attached hydrogen (secondary N) is 1. The number of rotatable bonds is 5. The van der Waals surface area contributed by atoms with Gasteiger partial charge < -0.3 is 14.4 Å². The van der Waals surface area contributed by atoms with E-state index in [2.05, 4.69) is 9.97 Å². The smallest absolute Gasteiger partial charge is 0.327 e. The van der Waals surface area contributed by atoms with Crippen molar-refractivity contribution in [3.63, 3.8) is 0 Å². The van der Waals surface area contributed by atoms with Crippen LogP contribution < -0.4 is 10.4 Å². The highest BCUT2D eigenvalue weighted by atomic mass is 16.5. The number of carbonyl (C=O) groups excluding carboxylic acids is 1. The van der Waals surface area contributed by atoms with Crippen molar-refractivity contribution in [2.75, 3.05) is 27.3 Å². The predicted molar refractivity (Wildman–Crippen MR) is 108 cm³/mol. The summed E-state index contributed by atoms with van der Waals surface area (Å²) < 4.78 is 12.5. The number of fused-ring (bicyclic) bond motifs is 1. The molecule has 2 atom stereocenters. The number of ether oxygens (including phenoxy) is 2. The third kappa shape index (κ3) is 3.88. The first-order valence-electron chi connectivity index (χ1n) is 9.57. The molecule has 8 nitrogen and oxygen atoms in total. The lowest BCUT2D eigenvalue weighted by Crippen LogP contribution is -2.49. The number of benzene rings is 1. The van der Waals surface area contributed by atoms with Crippen molar-refractivity contribution in [2.45, 2.75) is 25.0 Å². The van der Waals surface area contributed by atoms with Gasteiger partial charge in [-0.3, -0.25) is 14.3 Å². The van der Waals surface area contributed by atoms with Crippen LogP contribution in [0.3, 0.4) is 0 Å². The van der Waals surface area contributed by atoms with Crippen LogP contribution >= 0.6 is 0 Å². The van der Waals surface area contributed by atoms with Gasteiger partial charge in [0.1, 0.15) is 5.75 Å². The Morgan fingerprint density at radius 2 is 2.10 bits per heavy atom. The number of methoxy groups -OCH3 is 2. The molecule has 1 N–H and O–H groups in total.